The van der Waals surface area contributed by atoms with E-state index >= 15 is 0 Å². The fourth-order valence-corrected chi connectivity index (χ4v) is 4.55. The van der Waals surface area contributed by atoms with Gasteiger partial charge in [-0.05, 0) is 31.1 Å². The average Bonchev–Trinajstić information content (AvgIpc) is 3.20. The van der Waals surface area contributed by atoms with Crippen molar-refractivity contribution >= 4 is 11.8 Å². The third-order valence-electron chi connectivity index (χ3n) is 4.56. The summed E-state index contributed by atoms with van der Waals surface area (Å²) in [5, 5.41) is 10.5. The Morgan fingerprint density at radius 1 is 1.36 bits per heavy atom. The van der Waals surface area contributed by atoms with Crippen LogP contribution in [0.4, 0.5) is 4.39 Å². The molecule has 1 N–H and O–H groups in total. The van der Waals surface area contributed by atoms with Gasteiger partial charge in [0.25, 0.3) is 0 Å². The largest absolute Gasteiger partial charge is 0.387 e. The minimum absolute atomic E-state index is 0.262. The van der Waals surface area contributed by atoms with Crippen molar-refractivity contribution in [2.45, 2.75) is 37.5 Å². The fourth-order valence-electron chi connectivity index (χ4n) is 3.30. The predicted octanol–water partition coefficient (Wildman–Crippen LogP) is 2.85. The number of ether oxygens (including phenoxy) is 1. The highest BCUT2D eigenvalue weighted by molar-refractivity contribution is 7.99. The van der Waals surface area contributed by atoms with E-state index in [1.54, 1.807) is 18.2 Å². The summed E-state index contributed by atoms with van der Waals surface area (Å²) in [6.07, 6.45) is 2.83. The highest BCUT2D eigenvalue weighted by atomic mass is 32.2. The summed E-state index contributed by atoms with van der Waals surface area (Å²) < 4.78 is 19.6. The molecule has 0 bridgehead atoms. The van der Waals surface area contributed by atoms with E-state index in [-0.39, 0.29) is 11.9 Å². The minimum atomic E-state index is -0.784. The van der Waals surface area contributed by atoms with Gasteiger partial charge in [-0.25, -0.2) is 4.39 Å². The first-order chi connectivity index (χ1) is 10.7. The molecule has 0 aromatic heterocycles. The van der Waals surface area contributed by atoms with Crippen LogP contribution in [0.5, 0.6) is 0 Å². The number of halogens is 1. The van der Waals surface area contributed by atoms with Crippen molar-refractivity contribution in [2.24, 2.45) is 0 Å². The van der Waals surface area contributed by atoms with E-state index in [2.05, 4.69) is 4.90 Å². The molecule has 3 unspecified atom stereocenters. The molecule has 0 saturated carbocycles. The van der Waals surface area contributed by atoms with Crippen LogP contribution in [0.3, 0.4) is 0 Å². The lowest BCUT2D eigenvalue weighted by atomic mass is 10.1. The summed E-state index contributed by atoms with van der Waals surface area (Å²) in [6, 6.07) is 6.98. The monoisotopic (exact) mass is 325 g/mol. The van der Waals surface area contributed by atoms with Crippen LogP contribution in [0.15, 0.2) is 24.3 Å². The number of rotatable bonds is 6. The van der Waals surface area contributed by atoms with Gasteiger partial charge in [0.1, 0.15) is 5.82 Å². The van der Waals surface area contributed by atoms with E-state index in [1.165, 1.54) is 11.8 Å². The van der Waals surface area contributed by atoms with E-state index in [0.29, 0.717) is 18.2 Å². The lowest BCUT2D eigenvalue weighted by Gasteiger charge is -2.32. The fraction of sp³-hybridized carbons (Fsp3) is 0.647. The van der Waals surface area contributed by atoms with Crippen LogP contribution in [0, 0.1) is 5.82 Å². The van der Waals surface area contributed by atoms with Crippen LogP contribution in [0.2, 0.25) is 0 Å². The molecule has 2 saturated heterocycles. The van der Waals surface area contributed by atoms with Gasteiger partial charge in [0.2, 0.25) is 0 Å². The zero-order valence-electron chi connectivity index (χ0n) is 12.8. The molecule has 3 rings (SSSR count). The van der Waals surface area contributed by atoms with Crippen LogP contribution in [0.25, 0.3) is 0 Å². The Hall–Kier alpha value is -0.620. The van der Waals surface area contributed by atoms with Crippen molar-refractivity contribution < 1.29 is 14.2 Å². The van der Waals surface area contributed by atoms with Crippen LogP contribution in [0.1, 0.15) is 30.9 Å². The highest BCUT2D eigenvalue weighted by Crippen LogP contribution is 2.27. The number of nitrogens with zero attached hydrogens (tertiary/aromatic N) is 1. The number of aliphatic hydroxyl groups excluding tert-OH is 1. The topological polar surface area (TPSA) is 32.7 Å². The summed E-state index contributed by atoms with van der Waals surface area (Å²) >= 11 is 1.96. The van der Waals surface area contributed by atoms with E-state index in [9.17, 15) is 9.50 Å². The second-order valence-corrected chi connectivity index (χ2v) is 7.29. The number of thioether (sulfide) groups is 1. The standard InChI is InChI=1S/C17H24FNO2S/c18-16-6-2-1-5-15(16)17(20)11-19(13-7-9-22-12-13)10-14-4-3-8-21-14/h1-2,5-6,13-14,17,20H,3-4,7-12H2. The summed E-state index contributed by atoms with van der Waals surface area (Å²) in [5.41, 5.74) is 0.394. The molecule has 2 heterocycles. The van der Waals surface area contributed by atoms with Gasteiger partial charge in [-0.15, -0.1) is 0 Å². The van der Waals surface area contributed by atoms with Crippen LogP contribution in [-0.4, -0.2) is 53.4 Å². The molecule has 2 aliphatic rings. The summed E-state index contributed by atoms with van der Waals surface area (Å²) in [6.45, 7) is 2.16. The van der Waals surface area contributed by atoms with E-state index in [4.69, 9.17) is 4.74 Å². The third kappa shape index (κ3) is 4.02. The van der Waals surface area contributed by atoms with Gasteiger partial charge in [0, 0.05) is 37.1 Å². The number of aliphatic hydroxyl groups is 1. The van der Waals surface area contributed by atoms with E-state index in [1.807, 2.05) is 11.8 Å². The SMILES string of the molecule is OC(CN(CC1CCCO1)C1CCSC1)c1ccccc1F. The maximum Gasteiger partial charge on any atom is 0.129 e. The molecular formula is C17H24FNO2S. The third-order valence-corrected chi connectivity index (χ3v) is 5.70. The maximum atomic E-state index is 13.9. The Bertz CT molecular complexity index is 475. The van der Waals surface area contributed by atoms with Crippen molar-refractivity contribution in [2.75, 3.05) is 31.2 Å². The van der Waals surface area contributed by atoms with Crippen molar-refractivity contribution in [3.05, 3.63) is 35.6 Å². The second-order valence-electron chi connectivity index (χ2n) is 6.14. The Labute approximate surface area is 135 Å². The molecule has 22 heavy (non-hydrogen) atoms. The molecular weight excluding hydrogens is 301 g/mol. The first-order valence-corrected chi connectivity index (χ1v) is 9.25. The number of benzene rings is 1. The molecule has 122 valence electrons. The van der Waals surface area contributed by atoms with Gasteiger partial charge >= 0.3 is 0 Å². The summed E-state index contributed by atoms with van der Waals surface area (Å²) in [7, 11) is 0. The van der Waals surface area contributed by atoms with Gasteiger partial charge < -0.3 is 9.84 Å². The Morgan fingerprint density at radius 2 is 2.23 bits per heavy atom. The van der Waals surface area contributed by atoms with Gasteiger partial charge in [-0.2, -0.15) is 11.8 Å². The van der Waals surface area contributed by atoms with Crippen molar-refractivity contribution in [3.8, 4) is 0 Å². The summed E-state index contributed by atoms with van der Waals surface area (Å²) in [4.78, 5) is 2.31. The lowest BCUT2D eigenvalue weighted by molar-refractivity contribution is 0.0336. The molecule has 3 nitrogen and oxygen atoms in total. The predicted molar refractivity (Wildman–Crippen MR) is 87.6 cm³/mol. The zero-order valence-corrected chi connectivity index (χ0v) is 13.6. The zero-order chi connectivity index (χ0) is 15.4. The molecule has 0 aliphatic carbocycles. The normalized spacial score (nSPS) is 26.7. The Morgan fingerprint density at radius 3 is 2.91 bits per heavy atom. The molecule has 0 spiro atoms. The quantitative estimate of drug-likeness (QED) is 0.872. The molecule has 5 heteroatoms. The van der Waals surface area contributed by atoms with Gasteiger partial charge in [0.05, 0.1) is 12.2 Å². The molecule has 0 amide bonds. The smallest absolute Gasteiger partial charge is 0.129 e. The van der Waals surface area contributed by atoms with Crippen LogP contribution in [-0.2, 0) is 4.74 Å². The maximum absolute atomic E-state index is 13.9. The number of hydrogen-bond acceptors (Lipinski definition) is 4. The minimum Gasteiger partial charge on any atom is -0.387 e. The Kier molecular flexibility index (Phi) is 5.74. The average molecular weight is 325 g/mol. The summed E-state index contributed by atoms with van der Waals surface area (Å²) in [5.74, 6) is 1.94. The van der Waals surface area contributed by atoms with Gasteiger partial charge in [-0.3, -0.25) is 4.90 Å². The van der Waals surface area contributed by atoms with Crippen molar-refractivity contribution in [1.82, 2.24) is 4.90 Å². The first-order valence-electron chi connectivity index (χ1n) is 8.10. The van der Waals surface area contributed by atoms with Crippen LogP contribution >= 0.6 is 11.8 Å². The van der Waals surface area contributed by atoms with E-state index < -0.39 is 6.10 Å². The molecule has 3 atom stereocenters. The molecule has 2 aliphatic heterocycles. The molecule has 1 aromatic rings. The molecule has 2 fully saturated rings. The highest BCUT2D eigenvalue weighted by Gasteiger charge is 2.29. The second kappa shape index (κ2) is 7.77. The first kappa shape index (κ1) is 16.2. The van der Waals surface area contributed by atoms with Crippen LogP contribution < -0.4 is 0 Å². The van der Waals surface area contributed by atoms with Crippen molar-refractivity contribution in [3.63, 3.8) is 0 Å². The van der Waals surface area contributed by atoms with Gasteiger partial charge in [-0.1, -0.05) is 18.2 Å². The lowest BCUT2D eigenvalue weighted by Crippen LogP contribution is -2.43. The Balaban J connectivity index is 1.66. The van der Waals surface area contributed by atoms with E-state index in [0.717, 1.165) is 38.2 Å². The molecule has 0 radical (unpaired) electrons. The number of hydrogen-bond donors (Lipinski definition) is 1. The van der Waals surface area contributed by atoms with Crippen molar-refractivity contribution in [1.29, 1.82) is 0 Å². The van der Waals surface area contributed by atoms with Gasteiger partial charge in [0.15, 0.2) is 0 Å². The molecule has 1 aromatic carbocycles.